The molecule has 2 saturated heterocycles. The van der Waals surface area contributed by atoms with E-state index < -0.39 is 12.6 Å². The largest absolute Gasteiger partial charge is 0.393 e. The molecule has 3 N–H and O–H groups in total. The van der Waals surface area contributed by atoms with Gasteiger partial charge in [0.15, 0.2) is 0 Å². The predicted octanol–water partition coefficient (Wildman–Crippen LogP) is 5.34. The lowest BCUT2D eigenvalue weighted by Gasteiger charge is -2.33. The number of benzene rings is 1. The molecule has 1 aromatic carbocycles. The number of aromatic nitrogens is 3. The Morgan fingerprint density at radius 3 is 2.53 bits per heavy atom. The number of nitrogens with zero attached hydrogens (tertiary/aromatic N) is 6. The van der Waals surface area contributed by atoms with Crippen LogP contribution in [-0.2, 0) is 19.5 Å². The van der Waals surface area contributed by atoms with E-state index in [0.717, 1.165) is 94.0 Å². The smallest absolute Gasteiger partial charge is 0.367 e. The number of thiophene rings is 1. The molecule has 240 valence electrons. The molecule has 3 aromatic heterocycles. The average Bonchev–Trinajstić information content (AvgIpc) is 3.59. The number of anilines is 2. The highest BCUT2D eigenvalue weighted by molar-refractivity contribution is 7.18. The van der Waals surface area contributed by atoms with Gasteiger partial charge < -0.3 is 20.5 Å². The van der Waals surface area contributed by atoms with Gasteiger partial charge in [0, 0.05) is 87.3 Å². The minimum atomic E-state index is -4.27. The quantitative estimate of drug-likeness (QED) is 0.214. The van der Waals surface area contributed by atoms with Gasteiger partial charge in [-0.25, -0.2) is 4.98 Å². The summed E-state index contributed by atoms with van der Waals surface area (Å²) in [5.41, 5.74) is 4.31. The van der Waals surface area contributed by atoms with Gasteiger partial charge in [-0.3, -0.25) is 9.80 Å². The summed E-state index contributed by atoms with van der Waals surface area (Å²) in [5.74, 6) is 1.02. The van der Waals surface area contributed by atoms with Gasteiger partial charge in [0.05, 0.1) is 11.8 Å². The number of nitriles is 1. The summed E-state index contributed by atoms with van der Waals surface area (Å²) in [5, 5.41) is 21.7. The van der Waals surface area contributed by atoms with Crippen molar-refractivity contribution in [1.82, 2.24) is 29.7 Å². The van der Waals surface area contributed by atoms with E-state index in [4.69, 9.17) is 0 Å². The number of piperazine rings is 1. The maximum Gasteiger partial charge on any atom is 0.393 e. The molecule has 0 amide bonds. The monoisotopic (exact) mass is 639 g/mol. The lowest BCUT2D eigenvalue weighted by atomic mass is 10.0. The zero-order valence-corrected chi connectivity index (χ0v) is 26.6. The van der Waals surface area contributed by atoms with Crippen molar-refractivity contribution in [3.05, 3.63) is 46.0 Å². The molecule has 13 heteroatoms. The van der Waals surface area contributed by atoms with E-state index in [-0.39, 0.29) is 10.9 Å². The van der Waals surface area contributed by atoms with E-state index in [1.165, 1.54) is 11.1 Å². The summed E-state index contributed by atoms with van der Waals surface area (Å²) in [4.78, 5) is 14.8. The van der Waals surface area contributed by atoms with Gasteiger partial charge in [-0.1, -0.05) is 6.07 Å². The summed E-state index contributed by atoms with van der Waals surface area (Å²) < 4.78 is 41.4. The summed E-state index contributed by atoms with van der Waals surface area (Å²) in [6.45, 7) is 13.1. The minimum Gasteiger partial charge on any atom is -0.367 e. The molecule has 2 aliphatic heterocycles. The zero-order chi connectivity index (χ0) is 31.6. The van der Waals surface area contributed by atoms with Crippen molar-refractivity contribution in [1.29, 1.82) is 5.26 Å². The number of rotatable bonds is 10. The van der Waals surface area contributed by atoms with Crippen LogP contribution in [0.15, 0.2) is 24.3 Å². The van der Waals surface area contributed by atoms with E-state index >= 15 is 0 Å². The Kier molecular flexibility index (Phi) is 9.46. The van der Waals surface area contributed by atoms with Gasteiger partial charge in [0.1, 0.15) is 22.4 Å². The Hall–Kier alpha value is -3.44. The number of nitrogens with one attached hydrogen (secondary N) is 3. The van der Waals surface area contributed by atoms with Crippen LogP contribution in [0.2, 0.25) is 0 Å². The molecule has 0 bridgehead atoms. The molecule has 0 atom stereocenters. The molecule has 6 rings (SSSR count). The van der Waals surface area contributed by atoms with Crippen molar-refractivity contribution in [3.63, 3.8) is 0 Å². The number of hydrogen-bond acceptors (Lipinski definition) is 9. The topological polar surface area (TPSA) is 97.1 Å². The molecule has 0 saturated carbocycles. The fourth-order valence-corrected chi connectivity index (χ4v) is 7.53. The second kappa shape index (κ2) is 13.5. The van der Waals surface area contributed by atoms with E-state index in [9.17, 15) is 18.4 Å². The van der Waals surface area contributed by atoms with E-state index in [1.807, 2.05) is 13.0 Å². The molecule has 2 aliphatic rings. The highest BCUT2D eigenvalue weighted by atomic mass is 32.1. The van der Waals surface area contributed by atoms with Crippen LogP contribution in [-0.4, -0.2) is 88.9 Å². The Bertz CT molecular complexity index is 1680. The number of hydrogen-bond donors (Lipinski definition) is 3. The number of aryl methyl sites for hydroxylation is 1. The number of halogens is 3. The molecule has 2 fully saturated rings. The SMILES string of the molecule is CCNc1nc(NC2CCN(Cc3ccc4c(cc(C#N)n4CCN4CCNCC4)c3C)CC2)c2cc(CC(F)(F)F)sc2n1. The highest BCUT2D eigenvalue weighted by Crippen LogP contribution is 2.35. The summed E-state index contributed by atoms with van der Waals surface area (Å²) in [7, 11) is 0. The van der Waals surface area contributed by atoms with Crippen molar-refractivity contribution < 1.29 is 13.2 Å². The van der Waals surface area contributed by atoms with Gasteiger partial charge in [0.25, 0.3) is 0 Å². The molecule has 45 heavy (non-hydrogen) atoms. The van der Waals surface area contributed by atoms with Gasteiger partial charge in [-0.2, -0.15) is 23.4 Å². The Balaban J connectivity index is 1.11. The van der Waals surface area contributed by atoms with Crippen molar-refractivity contribution in [3.8, 4) is 6.07 Å². The minimum absolute atomic E-state index is 0.159. The standard InChI is InChI=1S/C32H40F3N9S/c1-3-38-31-40-29(27-17-25(18-32(33,34)35)45-30(27)41-31)39-23-6-10-43(11-7-23)20-22-4-5-28-26(21(22)2)16-24(19-36)44(28)15-14-42-12-8-37-9-13-42/h4-5,16-17,23,37H,3,6-15,18,20H2,1-2H3,(H2,38,39,40,41). The van der Waals surface area contributed by atoms with Crippen molar-refractivity contribution in [2.75, 3.05) is 63.0 Å². The number of fused-ring (bicyclic) bond motifs is 2. The first-order valence-electron chi connectivity index (χ1n) is 15.8. The molecule has 4 aromatic rings. The Morgan fingerprint density at radius 1 is 1.04 bits per heavy atom. The third-order valence-corrected chi connectivity index (χ3v) is 9.94. The van der Waals surface area contributed by atoms with E-state index in [2.05, 4.69) is 65.4 Å². The second-order valence-electron chi connectivity index (χ2n) is 12.0. The molecule has 5 heterocycles. The lowest BCUT2D eigenvalue weighted by Crippen LogP contribution is -2.44. The summed E-state index contributed by atoms with van der Waals surface area (Å²) in [6, 6.07) is 10.6. The number of piperidine rings is 1. The first-order valence-corrected chi connectivity index (χ1v) is 16.6. The average molecular weight is 640 g/mol. The maximum atomic E-state index is 13.1. The molecule has 9 nitrogen and oxygen atoms in total. The third-order valence-electron chi connectivity index (χ3n) is 8.91. The van der Waals surface area contributed by atoms with Crippen molar-refractivity contribution in [2.45, 2.75) is 58.4 Å². The van der Waals surface area contributed by atoms with E-state index in [0.29, 0.717) is 34.2 Å². The normalized spacial score (nSPS) is 17.2. The maximum absolute atomic E-state index is 13.1. The molecule has 0 unspecified atom stereocenters. The molecule has 0 aliphatic carbocycles. The predicted molar refractivity (Wildman–Crippen MR) is 174 cm³/mol. The van der Waals surface area contributed by atoms with Crippen LogP contribution < -0.4 is 16.0 Å². The molecule has 0 radical (unpaired) electrons. The lowest BCUT2D eigenvalue weighted by molar-refractivity contribution is -0.126. The zero-order valence-electron chi connectivity index (χ0n) is 25.8. The number of alkyl halides is 3. The van der Waals surface area contributed by atoms with Crippen molar-refractivity contribution in [2.24, 2.45) is 0 Å². The van der Waals surface area contributed by atoms with Crippen LogP contribution in [0, 0.1) is 18.3 Å². The summed E-state index contributed by atoms with van der Waals surface area (Å²) >= 11 is 1.07. The van der Waals surface area contributed by atoms with Gasteiger partial charge in [-0.05, 0) is 56.0 Å². The summed E-state index contributed by atoms with van der Waals surface area (Å²) in [6.07, 6.45) is -3.45. The molecular weight excluding hydrogens is 599 g/mol. The van der Waals surface area contributed by atoms with Crippen LogP contribution in [0.25, 0.3) is 21.1 Å². The van der Waals surface area contributed by atoms with Gasteiger partial charge in [0.2, 0.25) is 5.95 Å². The second-order valence-corrected chi connectivity index (χ2v) is 13.1. The number of likely N-dealkylation sites (tertiary alicyclic amines) is 1. The molecular formula is C32H40F3N9S. The van der Waals surface area contributed by atoms with Gasteiger partial charge >= 0.3 is 6.18 Å². The van der Waals surface area contributed by atoms with Crippen LogP contribution >= 0.6 is 11.3 Å². The fraction of sp³-hybridized carbons (Fsp3) is 0.531. The highest BCUT2D eigenvalue weighted by Gasteiger charge is 2.30. The molecule has 0 spiro atoms. The van der Waals surface area contributed by atoms with E-state index in [1.54, 1.807) is 6.07 Å². The van der Waals surface area contributed by atoms with Crippen LogP contribution in [0.1, 0.15) is 41.5 Å². The Labute approximate surface area is 265 Å². The first-order chi connectivity index (χ1) is 21.7. The fourth-order valence-electron chi connectivity index (χ4n) is 6.48. The Morgan fingerprint density at radius 2 is 1.82 bits per heavy atom. The van der Waals surface area contributed by atoms with Crippen LogP contribution in [0.5, 0.6) is 0 Å². The van der Waals surface area contributed by atoms with Crippen molar-refractivity contribution >= 4 is 44.2 Å². The van der Waals surface area contributed by atoms with Crippen LogP contribution in [0.3, 0.4) is 0 Å². The van der Waals surface area contributed by atoms with Gasteiger partial charge in [-0.15, -0.1) is 11.3 Å². The van der Waals surface area contributed by atoms with Crippen LogP contribution in [0.4, 0.5) is 24.9 Å². The first kappa shape index (κ1) is 31.5. The third kappa shape index (κ3) is 7.35.